The SMILES string of the molecule is CC(C)(O)CCC[C@@](C)(O)[C@H]1CC[C@@]2(O)C3=CC(=O)[C@@H]4C[C@@H](O)[C@@H](O)C[C@]4(C)C3CC[C@]12C. The van der Waals surface area contributed by atoms with Crippen molar-refractivity contribution in [3.8, 4) is 0 Å². The van der Waals surface area contributed by atoms with E-state index in [2.05, 4.69) is 6.92 Å². The van der Waals surface area contributed by atoms with Crippen LogP contribution in [0.25, 0.3) is 0 Å². The first-order valence-electron chi connectivity index (χ1n) is 12.8. The van der Waals surface area contributed by atoms with Crippen molar-refractivity contribution in [1.82, 2.24) is 0 Å². The summed E-state index contributed by atoms with van der Waals surface area (Å²) in [4.78, 5) is 13.2. The van der Waals surface area contributed by atoms with Crippen molar-refractivity contribution in [3.05, 3.63) is 11.6 Å². The van der Waals surface area contributed by atoms with Gasteiger partial charge in [0.15, 0.2) is 5.78 Å². The molecule has 0 radical (unpaired) electrons. The molecular weight excluding hydrogens is 420 g/mol. The highest BCUT2D eigenvalue weighted by molar-refractivity contribution is 5.95. The standard InChI is InChI=1S/C27H44O6/c1-23(2,31)9-6-10-26(5,32)22-8-12-27(33)17-13-19(28)18-14-20(29)21(30)15-24(18,3)16(17)7-11-25(22,27)4/h13,16,18,20-22,29-33H,6-12,14-15H2,1-5H3/t16?,18-,20+,21-,22-,24+,25+,26+,27+/m0/s1. The van der Waals surface area contributed by atoms with Crippen molar-refractivity contribution in [2.45, 2.75) is 121 Å². The van der Waals surface area contributed by atoms with Crippen LogP contribution < -0.4 is 0 Å². The number of allylic oxidation sites excluding steroid dienone is 1. The van der Waals surface area contributed by atoms with Crippen molar-refractivity contribution >= 4 is 5.78 Å². The first-order valence-corrected chi connectivity index (χ1v) is 12.8. The topological polar surface area (TPSA) is 118 Å². The maximum absolute atomic E-state index is 13.2. The summed E-state index contributed by atoms with van der Waals surface area (Å²) in [6.45, 7) is 9.54. The van der Waals surface area contributed by atoms with Crippen LogP contribution in [0.15, 0.2) is 11.6 Å². The minimum atomic E-state index is -1.16. The van der Waals surface area contributed by atoms with Gasteiger partial charge in [-0.3, -0.25) is 4.79 Å². The largest absolute Gasteiger partial charge is 0.390 e. The number of aliphatic hydroxyl groups is 5. The molecule has 1 unspecified atom stereocenters. The number of hydrogen-bond donors (Lipinski definition) is 5. The highest BCUT2D eigenvalue weighted by Crippen LogP contribution is 2.68. The van der Waals surface area contributed by atoms with Gasteiger partial charge in [0.25, 0.3) is 0 Å². The molecule has 0 heterocycles. The van der Waals surface area contributed by atoms with E-state index in [0.717, 1.165) is 18.4 Å². The van der Waals surface area contributed by atoms with Gasteiger partial charge in [-0.15, -0.1) is 0 Å². The van der Waals surface area contributed by atoms with Crippen molar-refractivity contribution in [2.75, 3.05) is 0 Å². The molecule has 0 spiro atoms. The van der Waals surface area contributed by atoms with Crippen LogP contribution in [-0.2, 0) is 4.79 Å². The Morgan fingerprint density at radius 2 is 1.67 bits per heavy atom. The number of fused-ring (bicyclic) bond motifs is 5. The molecule has 0 aliphatic heterocycles. The smallest absolute Gasteiger partial charge is 0.159 e. The van der Waals surface area contributed by atoms with Gasteiger partial charge in [-0.2, -0.15) is 0 Å². The highest BCUT2D eigenvalue weighted by atomic mass is 16.3. The summed E-state index contributed by atoms with van der Waals surface area (Å²) < 4.78 is 0. The molecule has 5 N–H and O–H groups in total. The van der Waals surface area contributed by atoms with Crippen molar-refractivity contribution in [3.63, 3.8) is 0 Å². The lowest BCUT2D eigenvalue weighted by Crippen LogP contribution is -2.61. The number of hydrogen-bond acceptors (Lipinski definition) is 6. The van der Waals surface area contributed by atoms with Gasteiger partial charge in [0, 0.05) is 11.3 Å². The molecule has 0 amide bonds. The zero-order chi connectivity index (χ0) is 24.6. The molecule has 6 nitrogen and oxygen atoms in total. The Morgan fingerprint density at radius 1 is 1.00 bits per heavy atom. The first kappa shape index (κ1) is 25.3. The second-order valence-corrected chi connectivity index (χ2v) is 13.1. The molecule has 3 saturated carbocycles. The quantitative estimate of drug-likeness (QED) is 0.427. The predicted molar refractivity (Wildman–Crippen MR) is 125 cm³/mol. The Bertz CT molecular complexity index is 827. The summed E-state index contributed by atoms with van der Waals surface area (Å²) in [6, 6.07) is 0. The molecular formula is C27H44O6. The lowest BCUT2D eigenvalue weighted by molar-refractivity contribution is -0.160. The molecule has 3 fully saturated rings. The van der Waals surface area contributed by atoms with Crippen LogP contribution in [0.5, 0.6) is 0 Å². The molecule has 0 saturated heterocycles. The molecule has 6 heteroatoms. The van der Waals surface area contributed by atoms with Crippen LogP contribution in [0, 0.1) is 28.6 Å². The summed E-state index contributed by atoms with van der Waals surface area (Å²) in [5.74, 6) is -0.509. The summed E-state index contributed by atoms with van der Waals surface area (Å²) in [7, 11) is 0. The Balaban J connectivity index is 1.64. The van der Waals surface area contributed by atoms with Gasteiger partial charge in [-0.05, 0) is 107 Å². The molecule has 188 valence electrons. The van der Waals surface area contributed by atoms with Crippen LogP contribution >= 0.6 is 0 Å². The second kappa shape index (κ2) is 7.86. The number of aliphatic hydroxyl groups excluding tert-OH is 2. The van der Waals surface area contributed by atoms with Gasteiger partial charge in [0.2, 0.25) is 0 Å². The van der Waals surface area contributed by atoms with Gasteiger partial charge in [0.05, 0.1) is 29.0 Å². The lowest BCUT2D eigenvalue weighted by atomic mass is 9.45. The fourth-order valence-corrected chi connectivity index (χ4v) is 8.42. The highest BCUT2D eigenvalue weighted by Gasteiger charge is 2.68. The molecule has 33 heavy (non-hydrogen) atoms. The van der Waals surface area contributed by atoms with E-state index in [1.807, 2.05) is 13.8 Å². The van der Waals surface area contributed by atoms with E-state index in [-0.39, 0.29) is 30.0 Å². The monoisotopic (exact) mass is 464 g/mol. The average molecular weight is 465 g/mol. The molecule has 0 bridgehead atoms. The maximum atomic E-state index is 13.2. The third-order valence-electron chi connectivity index (χ3n) is 10.3. The van der Waals surface area contributed by atoms with Gasteiger partial charge in [-0.1, -0.05) is 13.8 Å². The fourth-order valence-electron chi connectivity index (χ4n) is 8.42. The molecule has 4 rings (SSSR count). The van der Waals surface area contributed by atoms with Gasteiger partial charge >= 0.3 is 0 Å². The van der Waals surface area contributed by atoms with Gasteiger partial charge in [-0.25, -0.2) is 0 Å². The predicted octanol–water partition coefficient (Wildman–Crippen LogP) is 2.88. The average Bonchev–Trinajstić information content (AvgIpc) is 2.95. The van der Waals surface area contributed by atoms with E-state index < -0.39 is 39.8 Å². The summed E-state index contributed by atoms with van der Waals surface area (Å²) >= 11 is 0. The maximum Gasteiger partial charge on any atom is 0.159 e. The minimum Gasteiger partial charge on any atom is -0.390 e. The molecule has 9 atom stereocenters. The fraction of sp³-hybridized carbons (Fsp3) is 0.889. The van der Waals surface area contributed by atoms with E-state index in [1.54, 1.807) is 19.9 Å². The zero-order valence-corrected chi connectivity index (χ0v) is 21.0. The van der Waals surface area contributed by atoms with Crippen LogP contribution in [-0.4, -0.2) is 60.3 Å². The lowest BCUT2D eigenvalue weighted by Gasteiger charge is -2.60. The molecule has 0 aromatic rings. The summed E-state index contributed by atoms with van der Waals surface area (Å²) in [6.07, 6.45) is 5.14. The molecule has 4 aliphatic carbocycles. The third kappa shape index (κ3) is 3.85. The zero-order valence-electron chi connectivity index (χ0n) is 21.0. The summed E-state index contributed by atoms with van der Waals surface area (Å²) in [5.41, 5.74) is -3.15. The van der Waals surface area contributed by atoms with Crippen LogP contribution in [0.1, 0.15) is 92.4 Å². The minimum absolute atomic E-state index is 0.0145. The van der Waals surface area contributed by atoms with E-state index in [1.165, 1.54) is 0 Å². The van der Waals surface area contributed by atoms with Crippen LogP contribution in [0.2, 0.25) is 0 Å². The number of ketones is 1. The molecule has 0 aromatic carbocycles. The second-order valence-electron chi connectivity index (χ2n) is 13.1. The Morgan fingerprint density at radius 3 is 2.30 bits per heavy atom. The Kier molecular flexibility index (Phi) is 6.03. The number of carbonyl (C=O) groups excluding carboxylic acids is 1. The van der Waals surface area contributed by atoms with Crippen LogP contribution in [0.4, 0.5) is 0 Å². The number of carbonyl (C=O) groups is 1. The first-order chi connectivity index (χ1) is 15.1. The van der Waals surface area contributed by atoms with Crippen molar-refractivity contribution in [1.29, 1.82) is 0 Å². The van der Waals surface area contributed by atoms with E-state index in [4.69, 9.17) is 0 Å². The van der Waals surface area contributed by atoms with Crippen molar-refractivity contribution in [2.24, 2.45) is 28.6 Å². The summed E-state index contributed by atoms with van der Waals surface area (Å²) in [5, 5.41) is 54.5. The van der Waals surface area contributed by atoms with Gasteiger partial charge in [0.1, 0.15) is 0 Å². The van der Waals surface area contributed by atoms with E-state index in [0.29, 0.717) is 38.5 Å². The van der Waals surface area contributed by atoms with E-state index in [9.17, 15) is 30.3 Å². The Labute approximate surface area is 198 Å². The van der Waals surface area contributed by atoms with Crippen molar-refractivity contribution < 1.29 is 30.3 Å². The third-order valence-corrected chi connectivity index (χ3v) is 10.3. The Hall–Kier alpha value is -0.790. The number of rotatable bonds is 5. The van der Waals surface area contributed by atoms with E-state index >= 15 is 0 Å². The molecule has 0 aromatic heterocycles. The van der Waals surface area contributed by atoms with Crippen LogP contribution in [0.3, 0.4) is 0 Å². The normalized spacial score (nSPS) is 47.3. The van der Waals surface area contributed by atoms with Gasteiger partial charge < -0.3 is 25.5 Å². The molecule has 4 aliphatic rings.